The Bertz CT molecular complexity index is 1050. The number of esters is 1. The van der Waals surface area contributed by atoms with E-state index >= 15 is 0 Å². The predicted molar refractivity (Wildman–Crippen MR) is 101 cm³/mol. The van der Waals surface area contributed by atoms with Crippen molar-refractivity contribution in [3.63, 3.8) is 0 Å². The van der Waals surface area contributed by atoms with Crippen LogP contribution < -0.4 is 14.8 Å². The highest BCUT2D eigenvalue weighted by molar-refractivity contribution is 7.90. The van der Waals surface area contributed by atoms with Gasteiger partial charge in [-0.25, -0.2) is 8.42 Å². The number of carbonyl (C=O) groups is 2. The number of fused-ring (bicyclic) bond motifs is 1. The molecule has 9 nitrogen and oxygen atoms in total. The number of ether oxygens (including phenoxy) is 2. The van der Waals surface area contributed by atoms with Gasteiger partial charge in [0.1, 0.15) is 18.1 Å². The molecule has 0 bridgehead atoms. The largest absolute Gasteiger partial charge is 0.497 e. The van der Waals surface area contributed by atoms with Gasteiger partial charge in [0, 0.05) is 17.3 Å². The zero-order valence-electron chi connectivity index (χ0n) is 14.8. The molecule has 0 aromatic heterocycles. The van der Waals surface area contributed by atoms with E-state index in [2.05, 4.69) is 15.0 Å². The maximum absolute atomic E-state index is 12.0. The molecule has 28 heavy (non-hydrogen) atoms. The van der Waals surface area contributed by atoms with E-state index in [1.807, 2.05) is 0 Å². The minimum Gasteiger partial charge on any atom is -0.497 e. The molecule has 0 saturated heterocycles. The molecule has 1 aliphatic rings. The molecule has 0 unspecified atom stereocenters. The lowest BCUT2D eigenvalue weighted by Crippen LogP contribution is -2.25. The van der Waals surface area contributed by atoms with E-state index in [-0.39, 0.29) is 10.7 Å². The van der Waals surface area contributed by atoms with Gasteiger partial charge in [-0.05, 0) is 24.3 Å². The Morgan fingerprint density at radius 2 is 1.93 bits per heavy atom. The summed E-state index contributed by atoms with van der Waals surface area (Å²) >= 11 is 0. The van der Waals surface area contributed by atoms with Crippen LogP contribution in [0.25, 0.3) is 0 Å². The Morgan fingerprint density at radius 3 is 2.71 bits per heavy atom. The number of hydrogen-bond acceptors (Lipinski definition) is 7. The summed E-state index contributed by atoms with van der Waals surface area (Å²) in [5, 5.41) is 2.57. The number of amidine groups is 1. The summed E-state index contributed by atoms with van der Waals surface area (Å²) in [6.07, 6.45) is 0. The normalized spacial score (nSPS) is 15.4. The molecular weight excluding hydrogens is 386 g/mol. The second-order valence-electron chi connectivity index (χ2n) is 5.71. The fourth-order valence-corrected chi connectivity index (χ4v) is 3.74. The maximum atomic E-state index is 12.0. The number of aliphatic imine (C=N–C) groups is 1. The average molecular weight is 403 g/mol. The molecule has 0 aliphatic carbocycles. The van der Waals surface area contributed by atoms with Crippen LogP contribution in [-0.2, 0) is 24.3 Å². The van der Waals surface area contributed by atoms with Crippen molar-refractivity contribution in [2.45, 2.75) is 4.90 Å². The molecule has 0 radical (unpaired) electrons. The Morgan fingerprint density at radius 1 is 1.14 bits per heavy atom. The first-order valence-electron chi connectivity index (χ1n) is 8.15. The fourth-order valence-electron chi connectivity index (χ4n) is 2.48. The van der Waals surface area contributed by atoms with Gasteiger partial charge in [0.2, 0.25) is 0 Å². The van der Waals surface area contributed by atoms with Crippen molar-refractivity contribution in [1.82, 2.24) is 4.72 Å². The van der Waals surface area contributed by atoms with Crippen LogP contribution >= 0.6 is 0 Å². The van der Waals surface area contributed by atoms with Gasteiger partial charge in [0.05, 0.1) is 12.0 Å². The zero-order chi connectivity index (χ0) is 20.1. The van der Waals surface area contributed by atoms with E-state index in [4.69, 9.17) is 9.47 Å². The van der Waals surface area contributed by atoms with Crippen molar-refractivity contribution in [2.24, 2.45) is 4.99 Å². The third-order valence-electron chi connectivity index (χ3n) is 3.75. The molecule has 1 heterocycles. The maximum Gasteiger partial charge on any atom is 0.328 e. The third-order valence-corrected chi connectivity index (χ3v) is 5.14. The van der Waals surface area contributed by atoms with Gasteiger partial charge in [0.25, 0.3) is 15.9 Å². The van der Waals surface area contributed by atoms with Crippen molar-refractivity contribution in [1.29, 1.82) is 0 Å². The first-order chi connectivity index (χ1) is 13.4. The van der Waals surface area contributed by atoms with Crippen LogP contribution in [0.5, 0.6) is 5.75 Å². The number of nitrogens with zero attached hydrogens (tertiary/aromatic N) is 1. The third kappa shape index (κ3) is 4.46. The van der Waals surface area contributed by atoms with E-state index in [0.717, 1.165) is 0 Å². The fraction of sp³-hybridized carbons (Fsp3) is 0.167. The molecule has 3 rings (SSSR count). The topological polar surface area (TPSA) is 123 Å². The van der Waals surface area contributed by atoms with Crippen LogP contribution in [0, 0.1) is 0 Å². The summed E-state index contributed by atoms with van der Waals surface area (Å²) in [6.45, 7) is -0.929. The van der Waals surface area contributed by atoms with Crippen molar-refractivity contribution in [3.8, 4) is 5.75 Å². The highest BCUT2D eigenvalue weighted by atomic mass is 32.2. The van der Waals surface area contributed by atoms with Gasteiger partial charge in [-0.3, -0.25) is 19.3 Å². The number of hydrogen-bond donors (Lipinski definition) is 2. The van der Waals surface area contributed by atoms with Gasteiger partial charge in [-0.15, -0.1) is 0 Å². The Balaban J connectivity index is 1.54. The SMILES string of the molecule is COc1cccc(NC(=O)COC(=O)CN=C2NS(=O)(=O)c3ccccc32)c1. The van der Waals surface area contributed by atoms with Gasteiger partial charge in [-0.1, -0.05) is 18.2 Å². The summed E-state index contributed by atoms with van der Waals surface area (Å²) in [5.74, 6) is -0.656. The molecule has 0 fully saturated rings. The quantitative estimate of drug-likeness (QED) is 0.692. The smallest absolute Gasteiger partial charge is 0.328 e. The second-order valence-corrected chi connectivity index (χ2v) is 7.36. The van der Waals surface area contributed by atoms with Crippen LogP contribution in [-0.4, -0.2) is 46.4 Å². The molecule has 0 spiro atoms. The summed E-state index contributed by atoms with van der Waals surface area (Å²) in [6, 6.07) is 13.0. The molecule has 1 aliphatic heterocycles. The number of nitrogens with one attached hydrogen (secondary N) is 2. The average Bonchev–Trinajstić information content (AvgIpc) is 2.95. The molecule has 2 aromatic rings. The Labute approximate surface area is 161 Å². The lowest BCUT2D eigenvalue weighted by Gasteiger charge is -2.07. The predicted octanol–water partition coefficient (Wildman–Crippen LogP) is 0.916. The van der Waals surface area contributed by atoms with Gasteiger partial charge in [0.15, 0.2) is 6.61 Å². The van der Waals surface area contributed by atoms with Crippen molar-refractivity contribution in [3.05, 3.63) is 54.1 Å². The number of carbonyl (C=O) groups excluding carboxylic acids is 2. The van der Waals surface area contributed by atoms with Gasteiger partial charge >= 0.3 is 5.97 Å². The van der Waals surface area contributed by atoms with Crippen LogP contribution in [0.3, 0.4) is 0 Å². The van der Waals surface area contributed by atoms with Gasteiger partial charge < -0.3 is 14.8 Å². The van der Waals surface area contributed by atoms with E-state index < -0.39 is 35.1 Å². The number of amides is 1. The van der Waals surface area contributed by atoms with E-state index in [0.29, 0.717) is 17.0 Å². The number of methoxy groups -OCH3 is 1. The summed E-state index contributed by atoms with van der Waals surface area (Å²) in [4.78, 5) is 27.7. The van der Waals surface area contributed by atoms with Crippen LogP contribution in [0.4, 0.5) is 5.69 Å². The Hall–Kier alpha value is -3.40. The van der Waals surface area contributed by atoms with E-state index in [1.165, 1.54) is 13.2 Å². The number of rotatable bonds is 6. The first-order valence-corrected chi connectivity index (χ1v) is 9.63. The van der Waals surface area contributed by atoms with Gasteiger partial charge in [-0.2, -0.15) is 0 Å². The van der Waals surface area contributed by atoms with Crippen molar-refractivity contribution in [2.75, 3.05) is 25.6 Å². The summed E-state index contributed by atoms with van der Waals surface area (Å²) in [7, 11) is -2.17. The summed E-state index contributed by atoms with van der Waals surface area (Å²) < 4.78 is 36.1. The van der Waals surface area contributed by atoms with Crippen LogP contribution in [0.2, 0.25) is 0 Å². The highest BCUT2D eigenvalue weighted by Gasteiger charge is 2.30. The molecule has 2 N–H and O–H groups in total. The number of anilines is 1. The lowest BCUT2D eigenvalue weighted by atomic mass is 10.2. The lowest BCUT2D eigenvalue weighted by molar-refractivity contribution is -0.145. The highest BCUT2D eigenvalue weighted by Crippen LogP contribution is 2.22. The standard InChI is InChI=1S/C18H17N3O6S/c1-26-13-6-4-5-12(9-13)20-16(22)11-27-17(23)10-19-18-14-7-2-3-8-15(14)28(24,25)21-18/h2-9H,10-11H2,1H3,(H,19,21)(H,20,22). The first kappa shape index (κ1) is 19.4. The minimum atomic E-state index is -3.68. The monoisotopic (exact) mass is 403 g/mol. The minimum absolute atomic E-state index is 0.0633. The second kappa shape index (κ2) is 8.09. The molecule has 146 valence electrons. The number of benzene rings is 2. The van der Waals surface area contributed by atoms with E-state index in [9.17, 15) is 18.0 Å². The van der Waals surface area contributed by atoms with Crippen molar-refractivity contribution >= 4 is 33.4 Å². The Kier molecular flexibility index (Phi) is 5.59. The van der Waals surface area contributed by atoms with Crippen molar-refractivity contribution < 1.29 is 27.5 Å². The molecule has 0 saturated carbocycles. The van der Waals surface area contributed by atoms with E-state index in [1.54, 1.807) is 42.5 Å². The molecule has 1 amide bonds. The van der Waals surface area contributed by atoms with Crippen LogP contribution in [0.1, 0.15) is 5.56 Å². The van der Waals surface area contributed by atoms with Crippen LogP contribution in [0.15, 0.2) is 58.4 Å². The molecule has 0 atom stereocenters. The molecular formula is C18H17N3O6S. The zero-order valence-corrected chi connectivity index (χ0v) is 15.7. The summed E-state index contributed by atoms with van der Waals surface area (Å²) in [5.41, 5.74) is 0.878. The number of sulfonamides is 1. The molecule has 2 aromatic carbocycles. The molecule has 10 heteroatoms.